The number of fused-ring (bicyclic) bond motifs is 1. The summed E-state index contributed by atoms with van der Waals surface area (Å²) in [5.41, 5.74) is 1.21. The molecule has 2 aromatic rings. The normalized spacial score (nSPS) is 11.1. The maximum absolute atomic E-state index is 3.33. The molecule has 1 heteroatoms. The Balaban J connectivity index is 2.80. The molecule has 0 aliphatic carbocycles. The van der Waals surface area contributed by atoms with Crippen LogP contribution in [0.4, 0.5) is 0 Å². The van der Waals surface area contributed by atoms with E-state index in [1.54, 1.807) is 3.58 Å². The molecule has 0 N–H and O–H groups in total. The molecule has 0 fully saturated rings. The van der Waals surface area contributed by atoms with E-state index in [1.165, 1.54) is 16.3 Å². The Morgan fingerprint density at radius 1 is 1.00 bits per heavy atom. The van der Waals surface area contributed by atoms with Crippen LogP contribution in [0.1, 0.15) is 18.9 Å². The van der Waals surface area contributed by atoms with Crippen molar-refractivity contribution in [3.05, 3.63) is 42.0 Å². The van der Waals surface area contributed by atoms with Gasteiger partial charge in [0.05, 0.1) is 0 Å². The predicted molar refractivity (Wildman–Crippen MR) is 84.1 cm³/mol. The molecule has 0 aromatic heterocycles. The van der Waals surface area contributed by atoms with Gasteiger partial charge in [-0.05, 0) is 0 Å². The summed E-state index contributed by atoms with van der Waals surface area (Å²) in [5.74, 6) is 6.54. The van der Waals surface area contributed by atoms with Crippen molar-refractivity contribution < 1.29 is 0 Å². The summed E-state index contributed by atoms with van der Waals surface area (Å²) in [4.78, 5) is 7.40. The minimum absolute atomic E-state index is 0.914. The second-order valence-electron chi connectivity index (χ2n) is 5.61. The molecule has 0 radical (unpaired) electrons. The molecule has 0 heterocycles. The van der Waals surface area contributed by atoms with Gasteiger partial charge in [0.15, 0.2) is 0 Å². The monoisotopic (exact) mass is 344 g/mol. The topological polar surface area (TPSA) is 0 Å². The van der Waals surface area contributed by atoms with Crippen LogP contribution in [0.15, 0.2) is 36.4 Å². The quantitative estimate of drug-likeness (QED) is 0.539. The van der Waals surface area contributed by atoms with Crippen LogP contribution in [-0.4, -0.2) is 18.4 Å². The van der Waals surface area contributed by atoms with E-state index in [1.807, 2.05) is 0 Å². The third kappa shape index (κ3) is 2.72. The van der Waals surface area contributed by atoms with Crippen molar-refractivity contribution in [2.24, 2.45) is 0 Å². The average Bonchev–Trinajstić information content (AvgIpc) is 2.34. The van der Waals surface area contributed by atoms with E-state index < -0.39 is 18.4 Å². The van der Waals surface area contributed by atoms with Crippen molar-refractivity contribution in [3.63, 3.8) is 0 Å². The van der Waals surface area contributed by atoms with Crippen LogP contribution in [0, 0.1) is 11.8 Å². The van der Waals surface area contributed by atoms with E-state index in [4.69, 9.17) is 0 Å². The first-order valence-electron chi connectivity index (χ1n) is 6.55. The Labute approximate surface area is 114 Å². The second kappa shape index (κ2) is 5.36. The predicted octanol–water partition coefficient (Wildman–Crippen LogP) is 4.15. The van der Waals surface area contributed by atoms with Gasteiger partial charge < -0.3 is 0 Å². The van der Waals surface area contributed by atoms with Crippen molar-refractivity contribution in [3.8, 4) is 11.8 Å². The molecule has 0 nitrogen and oxygen atoms in total. The summed E-state index contributed by atoms with van der Waals surface area (Å²) in [6.07, 6.45) is 0.914. The van der Waals surface area contributed by atoms with E-state index in [-0.39, 0.29) is 0 Å². The van der Waals surface area contributed by atoms with Crippen molar-refractivity contribution in [2.45, 2.75) is 28.2 Å². The minimum atomic E-state index is -2.09. The first kappa shape index (κ1) is 13.5. The van der Waals surface area contributed by atoms with Crippen molar-refractivity contribution in [1.82, 2.24) is 0 Å². The van der Waals surface area contributed by atoms with Gasteiger partial charge >= 0.3 is 115 Å². The third-order valence-electron chi connectivity index (χ3n) is 3.11. The summed E-state index contributed by atoms with van der Waals surface area (Å²) < 4.78 is 1.59. The van der Waals surface area contributed by atoms with Crippen LogP contribution >= 0.6 is 0 Å². The van der Waals surface area contributed by atoms with E-state index in [0.29, 0.717) is 0 Å². The Morgan fingerprint density at radius 3 is 2.28 bits per heavy atom. The van der Waals surface area contributed by atoms with E-state index in [0.717, 1.165) is 6.42 Å². The zero-order valence-electron chi connectivity index (χ0n) is 11.7. The number of benzene rings is 2. The molecular weight excluding hydrogens is 323 g/mol. The van der Waals surface area contributed by atoms with Crippen LogP contribution < -0.4 is 3.58 Å². The van der Waals surface area contributed by atoms with Gasteiger partial charge in [-0.15, -0.1) is 0 Å². The van der Waals surface area contributed by atoms with Crippen LogP contribution in [0.2, 0.25) is 14.8 Å². The number of rotatable bonds is 1. The van der Waals surface area contributed by atoms with Gasteiger partial charge in [-0.1, -0.05) is 0 Å². The number of hydrogen-bond acceptors (Lipinski definition) is 0. The number of hydrogen-bond donors (Lipinski definition) is 0. The molecule has 0 spiro atoms. The summed E-state index contributed by atoms with van der Waals surface area (Å²) in [6, 6.07) is 13.2. The van der Waals surface area contributed by atoms with Gasteiger partial charge in [-0.2, -0.15) is 0 Å². The molecule has 92 valence electrons. The fourth-order valence-corrected chi connectivity index (χ4v) is 6.89. The molecule has 0 atom stereocenters. The van der Waals surface area contributed by atoms with Gasteiger partial charge in [0, 0.05) is 0 Å². The van der Waals surface area contributed by atoms with E-state index in [2.05, 4.69) is 70.0 Å². The molecule has 0 saturated carbocycles. The molecule has 2 aromatic carbocycles. The molecule has 0 saturated heterocycles. The van der Waals surface area contributed by atoms with Crippen molar-refractivity contribution in [2.75, 3.05) is 0 Å². The standard InChI is InChI=1S/C14H11.3CH3.Sn/c1-2-3-7-12-9-6-10-13-8-4-5-11-14(12)13;;;;/h4-6,8-10H,2H2,1H3;3*1H3;. The molecule has 0 bridgehead atoms. The van der Waals surface area contributed by atoms with Crippen LogP contribution in [0.25, 0.3) is 10.8 Å². The SMILES string of the molecule is CCC#Cc1cccc2ccc[c]([Sn]([CH3])([CH3])[CH3])c12. The molecule has 0 aliphatic heterocycles. The summed E-state index contributed by atoms with van der Waals surface area (Å²) in [6.45, 7) is 2.10. The third-order valence-corrected chi connectivity index (χ3v) is 8.91. The van der Waals surface area contributed by atoms with Crippen LogP contribution in [-0.2, 0) is 0 Å². The zero-order valence-corrected chi connectivity index (χ0v) is 14.5. The van der Waals surface area contributed by atoms with E-state index in [9.17, 15) is 0 Å². The first-order valence-corrected chi connectivity index (χ1v) is 16.5. The van der Waals surface area contributed by atoms with Gasteiger partial charge in [0.1, 0.15) is 0 Å². The molecular formula is C17H20Sn. The first-order chi connectivity index (χ1) is 8.54. The molecule has 0 amide bonds. The summed E-state index contributed by atoms with van der Waals surface area (Å²) in [7, 11) is 0. The molecule has 2 rings (SSSR count). The average molecular weight is 343 g/mol. The molecule has 0 unspecified atom stereocenters. The van der Waals surface area contributed by atoms with Crippen molar-refractivity contribution in [1.29, 1.82) is 0 Å². The van der Waals surface area contributed by atoms with Gasteiger partial charge in [-0.25, -0.2) is 0 Å². The van der Waals surface area contributed by atoms with Gasteiger partial charge in [0.25, 0.3) is 0 Å². The Kier molecular flexibility index (Phi) is 4.02. The van der Waals surface area contributed by atoms with Crippen molar-refractivity contribution >= 4 is 32.7 Å². The Morgan fingerprint density at radius 2 is 1.67 bits per heavy atom. The van der Waals surface area contributed by atoms with Crippen LogP contribution in [0.3, 0.4) is 0 Å². The Bertz CT molecular complexity index is 616. The Hall–Kier alpha value is -0.941. The second-order valence-corrected chi connectivity index (χ2v) is 20.0. The van der Waals surface area contributed by atoms with Gasteiger partial charge in [-0.3, -0.25) is 0 Å². The van der Waals surface area contributed by atoms with E-state index >= 15 is 0 Å². The fraction of sp³-hybridized carbons (Fsp3) is 0.294. The summed E-state index contributed by atoms with van der Waals surface area (Å²) in [5, 5.41) is 2.74. The van der Waals surface area contributed by atoms with Crippen LogP contribution in [0.5, 0.6) is 0 Å². The molecule has 18 heavy (non-hydrogen) atoms. The zero-order chi connectivity index (χ0) is 13.2. The fourth-order valence-electron chi connectivity index (χ4n) is 2.25. The molecule has 0 aliphatic rings. The summed E-state index contributed by atoms with van der Waals surface area (Å²) >= 11 is -2.09. The van der Waals surface area contributed by atoms with Gasteiger partial charge in [0.2, 0.25) is 0 Å². The maximum atomic E-state index is 3.33.